The molecule has 2 unspecified atom stereocenters. The highest BCUT2D eigenvalue weighted by Gasteiger charge is 2.35. The van der Waals surface area contributed by atoms with Gasteiger partial charge in [0.2, 0.25) is 6.17 Å². The van der Waals surface area contributed by atoms with Crippen LogP contribution >= 0.6 is 0 Å². The summed E-state index contributed by atoms with van der Waals surface area (Å²) in [5.41, 5.74) is 0. The van der Waals surface area contributed by atoms with Gasteiger partial charge in [0.1, 0.15) is 6.04 Å². The predicted molar refractivity (Wildman–Crippen MR) is 54.6 cm³/mol. The summed E-state index contributed by atoms with van der Waals surface area (Å²) in [6.07, 6.45) is 3.76. The molecule has 7 heteroatoms. The molecule has 0 amide bonds. The molecule has 0 aliphatic carbocycles. The summed E-state index contributed by atoms with van der Waals surface area (Å²) in [6.45, 7) is 3.47. The zero-order valence-corrected chi connectivity index (χ0v) is 8.98. The highest BCUT2D eigenvalue weighted by atomic mass is 16.8. The first-order valence-electron chi connectivity index (χ1n) is 4.95. The highest BCUT2D eigenvalue weighted by molar-refractivity contribution is 5.72. The maximum atomic E-state index is 11.2. The van der Waals surface area contributed by atoms with E-state index in [4.69, 9.17) is 9.57 Å². The molecule has 2 heterocycles. The van der Waals surface area contributed by atoms with E-state index in [1.54, 1.807) is 26.1 Å². The molecule has 0 bridgehead atoms. The largest absolute Gasteiger partial charge is 0.535 e. The van der Waals surface area contributed by atoms with Crippen molar-refractivity contribution in [2.45, 2.75) is 32.2 Å². The Morgan fingerprint density at radius 3 is 3.06 bits per heavy atom. The van der Waals surface area contributed by atoms with Crippen molar-refractivity contribution >= 4 is 12.4 Å². The summed E-state index contributed by atoms with van der Waals surface area (Å²) >= 11 is 0. The Labute approximate surface area is 92.4 Å². The molecular weight excluding hydrogens is 212 g/mol. The number of carbonyl (C=O) groups is 1. The number of fused-ring (bicyclic) bond motifs is 1. The maximum Gasteiger partial charge on any atom is 0.535 e. The lowest BCUT2D eigenvalue weighted by Gasteiger charge is -2.20. The summed E-state index contributed by atoms with van der Waals surface area (Å²) in [5, 5.41) is 8.64. The average Bonchev–Trinajstić information content (AvgIpc) is 2.61. The predicted octanol–water partition coefficient (Wildman–Crippen LogP) is 1.48. The molecule has 0 saturated carbocycles. The van der Waals surface area contributed by atoms with Crippen LogP contribution in [-0.2, 0) is 9.57 Å². The van der Waals surface area contributed by atoms with Crippen LogP contribution in [0.3, 0.4) is 0 Å². The van der Waals surface area contributed by atoms with E-state index in [1.165, 1.54) is 0 Å². The fraction of sp³-hybridized carbons (Fsp3) is 0.556. The molecule has 2 aliphatic heterocycles. The second-order valence-electron chi connectivity index (χ2n) is 3.60. The van der Waals surface area contributed by atoms with Gasteiger partial charge in [0.25, 0.3) is 0 Å². The van der Waals surface area contributed by atoms with Gasteiger partial charge in [0.15, 0.2) is 0 Å². The van der Waals surface area contributed by atoms with Gasteiger partial charge in [-0.3, -0.25) is 9.83 Å². The van der Waals surface area contributed by atoms with E-state index < -0.39 is 12.3 Å². The number of aliphatic imine (C=N–C) groups is 1. The number of hydrogen-bond donors (Lipinski definition) is 0. The van der Waals surface area contributed by atoms with Crippen LogP contribution in [0.2, 0.25) is 0 Å². The summed E-state index contributed by atoms with van der Waals surface area (Å²) in [5.74, 6) is 0. The summed E-state index contributed by atoms with van der Waals surface area (Å²) in [7, 11) is 0. The van der Waals surface area contributed by atoms with Crippen LogP contribution in [0, 0.1) is 0 Å². The molecule has 2 rings (SSSR count). The molecule has 0 aromatic heterocycles. The van der Waals surface area contributed by atoms with Crippen molar-refractivity contribution in [2.24, 2.45) is 15.3 Å². The Hall–Kier alpha value is -1.92. The normalized spacial score (nSPS) is 26.1. The topological polar surface area (TPSA) is 75.8 Å². The van der Waals surface area contributed by atoms with Gasteiger partial charge >= 0.3 is 6.16 Å². The first-order valence-corrected chi connectivity index (χ1v) is 4.95. The minimum Gasteiger partial charge on any atom is -0.430 e. The highest BCUT2D eigenvalue weighted by Crippen LogP contribution is 2.22. The minimum atomic E-state index is -0.806. The van der Waals surface area contributed by atoms with Crippen molar-refractivity contribution in [3.05, 3.63) is 12.2 Å². The van der Waals surface area contributed by atoms with Crippen LogP contribution in [0.15, 0.2) is 27.5 Å². The zero-order valence-electron chi connectivity index (χ0n) is 8.98. The summed E-state index contributed by atoms with van der Waals surface area (Å²) in [6, 6.07) is -0.197. The van der Waals surface area contributed by atoms with Crippen molar-refractivity contribution in [1.82, 2.24) is 5.17 Å². The van der Waals surface area contributed by atoms with Gasteiger partial charge in [0, 0.05) is 6.21 Å². The average molecular weight is 224 g/mol. The molecular formula is C9H12N4O3. The van der Waals surface area contributed by atoms with Crippen molar-refractivity contribution < 1.29 is 14.4 Å². The van der Waals surface area contributed by atoms with Crippen molar-refractivity contribution in [2.75, 3.05) is 0 Å². The van der Waals surface area contributed by atoms with Gasteiger partial charge in [-0.2, -0.15) is 5.11 Å². The van der Waals surface area contributed by atoms with Crippen LogP contribution in [0.4, 0.5) is 4.79 Å². The van der Waals surface area contributed by atoms with Crippen LogP contribution in [0.5, 0.6) is 0 Å². The monoisotopic (exact) mass is 224 g/mol. The van der Waals surface area contributed by atoms with Gasteiger partial charge in [0.05, 0.1) is 6.10 Å². The third kappa shape index (κ3) is 2.18. The molecule has 7 nitrogen and oxygen atoms in total. The van der Waals surface area contributed by atoms with E-state index in [1.807, 2.05) is 6.08 Å². The second kappa shape index (κ2) is 4.30. The third-order valence-electron chi connectivity index (χ3n) is 1.94. The Balaban J connectivity index is 1.92. The number of allylic oxidation sites excluding steroid dienone is 1. The Bertz CT molecular complexity index is 364. The van der Waals surface area contributed by atoms with Gasteiger partial charge in [-0.1, -0.05) is 11.2 Å². The van der Waals surface area contributed by atoms with Gasteiger partial charge < -0.3 is 4.74 Å². The molecule has 0 saturated heterocycles. The number of hydrogen-bond acceptors (Lipinski definition) is 7. The van der Waals surface area contributed by atoms with Crippen molar-refractivity contribution in [3.8, 4) is 0 Å². The summed E-state index contributed by atoms with van der Waals surface area (Å²) in [4.78, 5) is 20.2. The molecule has 16 heavy (non-hydrogen) atoms. The molecule has 0 fully saturated rings. The van der Waals surface area contributed by atoms with Gasteiger partial charge in [-0.15, -0.1) is 0 Å². The SMILES string of the molecule is CC(C)OC(=O)ON1N=NC2C=CC=NC21. The molecule has 0 N–H and O–H groups in total. The van der Waals surface area contributed by atoms with E-state index in [9.17, 15) is 4.79 Å². The van der Waals surface area contributed by atoms with E-state index in [0.717, 1.165) is 5.17 Å². The number of nitrogens with zero attached hydrogens (tertiary/aromatic N) is 4. The molecule has 0 aromatic rings. The fourth-order valence-corrected chi connectivity index (χ4v) is 1.30. The first-order chi connectivity index (χ1) is 7.66. The first kappa shape index (κ1) is 10.6. The van der Waals surface area contributed by atoms with Crippen LogP contribution in [0.1, 0.15) is 13.8 Å². The minimum absolute atomic E-state index is 0.197. The summed E-state index contributed by atoms with van der Waals surface area (Å²) < 4.78 is 4.82. The number of hydroxylamine groups is 1. The lowest BCUT2D eigenvalue weighted by Crippen LogP contribution is -2.35. The van der Waals surface area contributed by atoms with Crippen molar-refractivity contribution in [1.29, 1.82) is 0 Å². The number of rotatable bonds is 2. The number of dihydropyridines is 1. The molecule has 86 valence electrons. The second-order valence-corrected chi connectivity index (χ2v) is 3.60. The van der Waals surface area contributed by atoms with E-state index in [0.29, 0.717) is 0 Å². The Morgan fingerprint density at radius 2 is 2.31 bits per heavy atom. The number of ether oxygens (including phenoxy) is 1. The van der Waals surface area contributed by atoms with Crippen LogP contribution < -0.4 is 0 Å². The zero-order chi connectivity index (χ0) is 11.5. The molecule has 0 aromatic carbocycles. The van der Waals surface area contributed by atoms with Gasteiger partial charge in [-0.05, 0) is 25.1 Å². The van der Waals surface area contributed by atoms with Crippen LogP contribution in [-0.4, -0.2) is 35.9 Å². The van der Waals surface area contributed by atoms with Gasteiger partial charge in [-0.25, -0.2) is 4.79 Å². The molecule has 2 atom stereocenters. The van der Waals surface area contributed by atoms with Crippen LogP contribution in [0.25, 0.3) is 0 Å². The molecule has 0 spiro atoms. The lowest BCUT2D eigenvalue weighted by molar-refractivity contribution is -0.149. The third-order valence-corrected chi connectivity index (χ3v) is 1.94. The molecule has 2 aliphatic rings. The standard InChI is InChI=1S/C9H12N4O3/c1-6(2)15-9(14)16-13-8-7(11-12-13)4-3-5-10-8/h3-8H,1-2H3. The Kier molecular flexibility index (Phi) is 2.84. The Morgan fingerprint density at radius 1 is 1.50 bits per heavy atom. The quantitative estimate of drug-likeness (QED) is 0.666. The smallest absolute Gasteiger partial charge is 0.430 e. The van der Waals surface area contributed by atoms with Crippen molar-refractivity contribution in [3.63, 3.8) is 0 Å². The van der Waals surface area contributed by atoms with E-state index in [-0.39, 0.29) is 12.1 Å². The van der Waals surface area contributed by atoms with E-state index >= 15 is 0 Å². The molecule has 0 radical (unpaired) electrons. The fourth-order valence-electron chi connectivity index (χ4n) is 1.30. The van der Waals surface area contributed by atoms with E-state index in [2.05, 4.69) is 15.3 Å². The maximum absolute atomic E-state index is 11.2. The lowest BCUT2D eigenvalue weighted by atomic mass is 10.2. The number of carbonyl (C=O) groups excluding carboxylic acids is 1.